The maximum atomic E-state index is 12.6. The summed E-state index contributed by atoms with van der Waals surface area (Å²) in [4.78, 5) is 30.8. The van der Waals surface area contributed by atoms with E-state index in [2.05, 4.69) is 15.5 Å². The minimum absolute atomic E-state index is 0.147. The maximum absolute atomic E-state index is 12.6. The van der Waals surface area contributed by atoms with Crippen molar-refractivity contribution in [2.45, 2.75) is 39.5 Å². The van der Waals surface area contributed by atoms with Gasteiger partial charge in [0.15, 0.2) is 5.82 Å². The van der Waals surface area contributed by atoms with E-state index in [0.717, 1.165) is 29.8 Å². The molecule has 164 valence electrons. The molecule has 1 N–H and O–H groups in total. The van der Waals surface area contributed by atoms with Crippen LogP contribution in [0.4, 0.5) is 11.4 Å². The molecule has 3 aromatic rings. The fraction of sp³-hybridized carbons (Fsp3) is 0.280. The van der Waals surface area contributed by atoms with Crippen LogP contribution in [0.25, 0.3) is 17.5 Å². The Hall–Kier alpha value is -3.74. The number of benzene rings is 2. The maximum Gasteiger partial charge on any atom is 0.260 e. The van der Waals surface area contributed by atoms with Crippen molar-refractivity contribution in [3.8, 4) is 11.5 Å². The van der Waals surface area contributed by atoms with Crippen LogP contribution in [0.15, 0.2) is 53.1 Å². The summed E-state index contributed by atoms with van der Waals surface area (Å²) in [5, 5.41) is 6.96. The summed E-state index contributed by atoms with van der Waals surface area (Å²) >= 11 is 0. The molecule has 1 aromatic heterocycles. The summed E-state index contributed by atoms with van der Waals surface area (Å²) in [5.41, 5.74) is 3.99. The van der Waals surface area contributed by atoms with Gasteiger partial charge in [-0.15, -0.1) is 0 Å². The number of nitrogens with one attached hydrogen (secondary N) is 1. The first-order chi connectivity index (χ1) is 15.4. The molecule has 0 unspecified atom stereocenters. The van der Waals surface area contributed by atoms with Crippen molar-refractivity contribution in [1.82, 2.24) is 10.1 Å². The topological polar surface area (TPSA) is 88.3 Å². The van der Waals surface area contributed by atoms with Crippen LogP contribution in [0.3, 0.4) is 0 Å². The number of carbonyl (C=O) groups excluding carboxylic acids is 2. The lowest BCUT2D eigenvalue weighted by molar-refractivity contribution is -0.117. The van der Waals surface area contributed by atoms with Crippen molar-refractivity contribution in [3.63, 3.8) is 0 Å². The summed E-state index contributed by atoms with van der Waals surface area (Å²) in [7, 11) is 0. The summed E-state index contributed by atoms with van der Waals surface area (Å²) in [6, 6.07) is 13.3. The molecule has 0 aliphatic carbocycles. The van der Waals surface area contributed by atoms with Crippen molar-refractivity contribution in [2.75, 3.05) is 16.8 Å². The van der Waals surface area contributed by atoms with Gasteiger partial charge in [-0.25, -0.2) is 0 Å². The van der Waals surface area contributed by atoms with Crippen LogP contribution < -0.4 is 10.2 Å². The predicted molar refractivity (Wildman–Crippen MR) is 124 cm³/mol. The zero-order valence-corrected chi connectivity index (χ0v) is 18.5. The fourth-order valence-corrected chi connectivity index (χ4v) is 3.61. The minimum Gasteiger partial charge on any atom is -0.334 e. The lowest BCUT2D eigenvalue weighted by Crippen LogP contribution is -2.23. The van der Waals surface area contributed by atoms with Crippen molar-refractivity contribution in [3.05, 3.63) is 65.5 Å². The van der Waals surface area contributed by atoms with E-state index in [4.69, 9.17) is 4.52 Å². The van der Waals surface area contributed by atoms with Crippen LogP contribution in [0.2, 0.25) is 0 Å². The second kappa shape index (κ2) is 9.18. The number of aromatic nitrogens is 2. The minimum atomic E-state index is -0.261. The molecule has 1 fully saturated rings. The Morgan fingerprint density at radius 1 is 1.19 bits per heavy atom. The van der Waals surface area contributed by atoms with E-state index in [9.17, 15) is 9.59 Å². The molecule has 1 aliphatic heterocycles. The molecule has 1 saturated heterocycles. The third-order valence-corrected chi connectivity index (χ3v) is 5.41. The molecular formula is C25H26N4O3. The van der Waals surface area contributed by atoms with Gasteiger partial charge in [0, 0.05) is 30.6 Å². The van der Waals surface area contributed by atoms with Crippen molar-refractivity contribution >= 4 is 29.3 Å². The van der Waals surface area contributed by atoms with Crippen LogP contribution in [-0.4, -0.2) is 28.5 Å². The molecule has 2 heterocycles. The van der Waals surface area contributed by atoms with Crippen LogP contribution in [0.1, 0.15) is 49.6 Å². The molecule has 0 spiro atoms. The van der Waals surface area contributed by atoms with Gasteiger partial charge in [0.2, 0.25) is 11.8 Å². The molecule has 0 bridgehead atoms. The monoisotopic (exact) mass is 430 g/mol. The lowest BCUT2D eigenvalue weighted by Gasteiger charge is -2.15. The first kappa shape index (κ1) is 21.5. The van der Waals surface area contributed by atoms with Gasteiger partial charge in [-0.05, 0) is 48.7 Å². The van der Waals surface area contributed by atoms with Crippen LogP contribution in [0, 0.1) is 6.92 Å². The van der Waals surface area contributed by atoms with Crippen molar-refractivity contribution in [2.24, 2.45) is 0 Å². The van der Waals surface area contributed by atoms with Crippen LogP contribution >= 0.6 is 0 Å². The Kier molecular flexibility index (Phi) is 6.16. The number of aryl methyl sites for hydroxylation is 1. The average molecular weight is 431 g/mol. The SMILES string of the molecule is Cc1cccc(-c2nc(C(C)C)no2)c1NC(=O)/C=C/c1ccc(N2CCCC2=O)cc1. The van der Waals surface area contributed by atoms with Gasteiger partial charge >= 0.3 is 0 Å². The first-order valence-electron chi connectivity index (χ1n) is 10.8. The second-order valence-corrected chi connectivity index (χ2v) is 8.17. The van der Waals surface area contributed by atoms with Gasteiger partial charge in [0.1, 0.15) is 0 Å². The zero-order chi connectivity index (χ0) is 22.7. The van der Waals surface area contributed by atoms with Gasteiger partial charge in [0.05, 0.1) is 11.3 Å². The first-order valence-corrected chi connectivity index (χ1v) is 10.8. The van der Waals surface area contributed by atoms with E-state index >= 15 is 0 Å². The molecule has 1 aliphatic rings. The Labute approximate surface area is 187 Å². The Morgan fingerprint density at radius 2 is 1.97 bits per heavy atom. The summed E-state index contributed by atoms with van der Waals surface area (Å²) in [6.07, 6.45) is 4.72. The van der Waals surface area contributed by atoms with Gasteiger partial charge in [-0.1, -0.05) is 43.3 Å². The lowest BCUT2D eigenvalue weighted by atomic mass is 10.1. The number of rotatable bonds is 6. The number of amides is 2. The van der Waals surface area contributed by atoms with Gasteiger partial charge in [0.25, 0.3) is 5.89 Å². The summed E-state index contributed by atoms with van der Waals surface area (Å²) in [5.74, 6) is 1.04. The molecule has 0 saturated carbocycles. The van der Waals surface area contributed by atoms with E-state index in [0.29, 0.717) is 29.4 Å². The number of hydrogen-bond donors (Lipinski definition) is 1. The molecule has 7 nitrogen and oxygen atoms in total. The summed E-state index contributed by atoms with van der Waals surface area (Å²) < 4.78 is 5.42. The van der Waals surface area contributed by atoms with E-state index in [-0.39, 0.29) is 17.7 Å². The third-order valence-electron chi connectivity index (χ3n) is 5.41. The van der Waals surface area contributed by atoms with Crippen molar-refractivity contribution in [1.29, 1.82) is 0 Å². The predicted octanol–water partition coefficient (Wildman–Crippen LogP) is 4.95. The van der Waals surface area contributed by atoms with E-state index in [1.807, 2.05) is 63.2 Å². The normalized spacial score (nSPS) is 14.0. The summed E-state index contributed by atoms with van der Waals surface area (Å²) in [6.45, 7) is 6.66. The fourth-order valence-electron chi connectivity index (χ4n) is 3.61. The molecule has 2 aromatic carbocycles. The van der Waals surface area contributed by atoms with E-state index in [1.54, 1.807) is 11.0 Å². The highest BCUT2D eigenvalue weighted by atomic mass is 16.5. The smallest absolute Gasteiger partial charge is 0.260 e. The molecule has 0 atom stereocenters. The largest absolute Gasteiger partial charge is 0.334 e. The third kappa shape index (κ3) is 4.61. The van der Waals surface area contributed by atoms with E-state index in [1.165, 1.54) is 6.08 Å². The molecule has 0 radical (unpaired) electrons. The Morgan fingerprint density at radius 3 is 2.62 bits per heavy atom. The van der Waals surface area contributed by atoms with E-state index < -0.39 is 0 Å². The Bertz CT molecular complexity index is 1160. The van der Waals surface area contributed by atoms with Gasteiger partial charge in [-0.3, -0.25) is 9.59 Å². The standard InChI is InChI=1S/C25H26N4O3/c1-16(2)24-27-25(32-28-24)20-7-4-6-17(3)23(20)26-21(30)14-11-18-9-12-19(13-10-18)29-15-5-8-22(29)31/h4,6-7,9-14,16H,5,8,15H2,1-3H3,(H,26,30)/b14-11+. The molecule has 7 heteroatoms. The number of nitrogens with zero attached hydrogens (tertiary/aromatic N) is 3. The number of carbonyl (C=O) groups is 2. The van der Waals surface area contributed by atoms with Gasteiger partial charge < -0.3 is 14.7 Å². The number of anilines is 2. The highest BCUT2D eigenvalue weighted by Crippen LogP contribution is 2.30. The molecule has 32 heavy (non-hydrogen) atoms. The Balaban J connectivity index is 1.48. The molecule has 4 rings (SSSR count). The highest BCUT2D eigenvalue weighted by Gasteiger charge is 2.21. The quantitative estimate of drug-likeness (QED) is 0.559. The van der Waals surface area contributed by atoms with Crippen molar-refractivity contribution < 1.29 is 14.1 Å². The molecule has 2 amide bonds. The number of hydrogen-bond acceptors (Lipinski definition) is 5. The van der Waals surface area contributed by atoms with Gasteiger partial charge in [-0.2, -0.15) is 4.98 Å². The zero-order valence-electron chi connectivity index (χ0n) is 18.5. The highest BCUT2D eigenvalue weighted by molar-refractivity contribution is 6.04. The number of para-hydroxylation sites is 1. The van der Waals surface area contributed by atoms with Crippen LogP contribution in [0.5, 0.6) is 0 Å². The average Bonchev–Trinajstić information content (AvgIpc) is 3.44. The van der Waals surface area contributed by atoms with Crippen LogP contribution in [-0.2, 0) is 9.59 Å². The second-order valence-electron chi connectivity index (χ2n) is 8.17. The molecular weight excluding hydrogens is 404 g/mol.